The lowest BCUT2D eigenvalue weighted by molar-refractivity contribution is 0.668. The van der Waals surface area contributed by atoms with Gasteiger partial charge in [0.15, 0.2) is 0 Å². The van der Waals surface area contributed by atoms with Crippen LogP contribution in [-0.4, -0.2) is 0 Å². The van der Waals surface area contributed by atoms with E-state index in [4.69, 9.17) is 10.2 Å². The standard InChI is InChI=1S/C31H23NO/c32-20-24-12-7-13-30-31(24)28-19-23(14-15-29(28)33-30)27-17-25(21-8-3-1-4-9-21)16-26(18-27)22-10-5-2-6-11-22/h1-19H,20,32H2. The SMILES string of the molecule is NCc1cccc2oc3ccc(-c4cc(-c5ccccc5)cc(-c5ccccc5)c4)cc3c12. The third-order valence-corrected chi connectivity index (χ3v) is 6.28. The van der Waals surface area contributed by atoms with Gasteiger partial charge in [-0.25, -0.2) is 0 Å². The van der Waals surface area contributed by atoms with Crippen LogP contribution in [0.2, 0.25) is 0 Å². The average Bonchev–Trinajstić information content (AvgIpc) is 3.27. The van der Waals surface area contributed by atoms with Gasteiger partial charge in [-0.2, -0.15) is 0 Å². The molecule has 0 radical (unpaired) electrons. The normalized spacial score (nSPS) is 11.3. The fourth-order valence-corrected chi connectivity index (χ4v) is 4.64. The van der Waals surface area contributed by atoms with Gasteiger partial charge >= 0.3 is 0 Å². The van der Waals surface area contributed by atoms with Crippen molar-refractivity contribution in [1.82, 2.24) is 0 Å². The molecule has 2 heteroatoms. The Balaban J connectivity index is 1.59. The number of benzene rings is 5. The molecule has 0 amide bonds. The summed E-state index contributed by atoms with van der Waals surface area (Å²) in [7, 11) is 0. The summed E-state index contributed by atoms with van der Waals surface area (Å²) in [6, 6.07) is 40.5. The molecule has 0 saturated carbocycles. The zero-order valence-corrected chi connectivity index (χ0v) is 18.2. The average molecular weight is 426 g/mol. The summed E-state index contributed by atoms with van der Waals surface area (Å²) in [5.41, 5.74) is 16.1. The van der Waals surface area contributed by atoms with E-state index in [2.05, 4.69) is 103 Å². The van der Waals surface area contributed by atoms with Crippen LogP contribution < -0.4 is 5.73 Å². The smallest absolute Gasteiger partial charge is 0.135 e. The molecule has 2 nitrogen and oxygen atoms in total. The zero-order chi connectivity index (χ0) is 22.2. The zero-order valence-electron chi connectivity index (χ0n) is 18.2. The molecule has 0 unspecified atom stereocenters. The second-order valence-electron chi connectivity index (χ2n) is 8.34. The summed E-state index contributed by atoms with van der Waals surface area (Å²) in [6.45, 7) is 0.484. The van der Waals surface area contributed by atoms with Crippen molar-refractivity contribution in [3.8, 4) is 33.4 Å². The van der Waals surface area contributed by atoms with Crippen LogP contribution in [0.15, 0.2) is 120 Å². The van der Waals surface area contributed by atoms with E-state index in [-0.39, 0.29) is 0 Å². The second-order valence-corrected chi connectivity index (χ2v) is 8.34. The minimum Gasteiger partial charge on any atom is -0.456 e. The van der Waals surface area contributed by atoms with Gasteiger partial charge in [0.05, 0.1) is 0 Å². The number of nitrogens with two attached hydrogens (primary N) is 1. The second kappa shape index (κ2) is 8.09. The minimum atomic E-state index is 0.484. The van der Waals surface area contributed by atoms with E-state index in [1.165, 1.54) is 27.8 Å². The maximum atomic E-state index is 6.12. The molecule has 1 aromatic heterocycles. The first-order chi connectivity index (χ1) is 16.3. The lowest BCUT2D eigenvalue weighted by Gasteiger charge is -2.11. The van der Waals surface area contributed by atoms with Crippen LogP contribution in [0.3, 0.4) is 0 Å². The Bertz CT molecular complexity index is 1520. The highest BCUT2D eigenvalue weighted by Crippen LogP contribution is 2.37. The number of furan rings is 1. The van der Waals surface area contributed by atoms with E-state index in [9.17, 15) is 0 Å². The quantitative estimate of drug-likeness (QED) is 0.310. The van der Waals surface area contributed by atoms with Crippen molar-refractivity contribution in [3.05, 3.63) is 121 Å². The Morgan fingerprint density at radius 3 is 1.70 bits per heavy atom. The van der Waals surface area contributed by atoms with E-state index in [1.807, 2.05) is 12.1 Å². The van der Waals surface area contributed by atoms with E-state index in [0.717, 1.165) is 33.1 Å². The summed E-state index contributed by atoms with van der Waals surface area (Å²) in [5, 5.41) is 2.22. The maximum absolute atomic E-state index is 6.12. The predicted octanol–water partition coefficient (Wildman–Crippen LogP) is 8.05. The molecule has 6 rings (SSSR count). The van der Waals surface area contributed by atoms with Crippen molar-refractivity contribution in [1.29, 1.82) is 0 Å². The van der Waals surface area contributed by atoms with Gasteiger partial charge in [0, 0.05) is 17.3 Å². The van der Waals surface area contributed by atoms with Gasteiger partial charge < -0.3 is 10.2 Å². The van der Waals surface area contributed by atoms with Gasteiger partial charge in [-0.15, -0.1) is 0 Å². The third kappa shape index (κ3) is 3.51. The fourth-order valence-electron chi connectivity index (χ4n) is 4.64. The van der Waals surface area contributed by atoms with Crippen molar-refractivity contribution in [2.75, 3.05) is 0 Å². The van der Waals surface area contributed by atoms with Crippen molar-refractivity contribution in [3.63, 3.8) is 0 Å². The highest BCUT2D eigenvalue weighted by atomic mass is 16.3. The van der Waals surface area contributed by atoms with E-state index >= 15 is 0 Å². The number of hydrogen-bond acceptors (Lipinski definition) is 2. The topological polar surface area (TPSA) is 39.2 Å². The largest absolute Gasteiger partial charge is 0.456 e. The Morgan fingerprint density at radius 1 is 0.485 bits per heavy atom. The number of rotatable bonds is 4. The van der Waals surface area contributed by atoms with Gasteiger partial charge in [0.1, 0.15) is 11.2 Å². The summed E-state index contributed by atoms with van der Waals surface area (Å²) in [6.07, 6.45) is 0. The van der Waals surface area contributed by atoms with Gasteiger partial charge in [0.2, 0.25) is 0 Å². The van der Waals surface area contributed by atoms with Gasteiger partial charge in [0.25, 0.3) is 0 Å². The molecule has 158 valence electrons. The summed E-state index contributed by atoms with van der Waals surface area (Å²) in [4.78, 5) is 0. The molecular weight excluding hydrogens is 402 g/mol. The van der Waals surface area contributed by atoms with Crippen LogP contribution in [0.5, 0.6) is 0 Å². The lowest BCUT2D eigenvalue weighted by Crippen LogP contribution is -1.96. The highest BCUT2D eigenvalue weighted by Gasteiger charge is 2.13. The van der Waals surface area contributed by atoms with E-state index < -0.39 is 0 Å². The lowest BCUT2D eigenvalue weighted by atomic mass is 9.92. The Morgan fingerprint density at radius 2 is 1.09 bits per heavy atom. The minimum absolute atomic E-state index is 0.484. The monoisotopic (exact) mass is 425 g/mol. The first-order valence-corrected chi connectivity index (χ1v) is 11.2. The highest BCUT2D eigenvalue weighted by molar-refractivity contribution is 6.08. The molecule has 0 bridgehead atoms. The molecule has 0 aliphatic rings. The molecule has 33 heavy (non-hydrogen) atoms. The van der Waals surface area contributed by atoms with Crippen molar-refractivity contribution in [2.45, 2.75) is 6.54 Å². The summed E-state index contributed by atoms with van der Waals surface area (Å²) in [5.74, 6) is 0. The Labute approximate surface area is 192 Å². The van der Waals surface area contributed by atoms with Crippen LogP contribution in [0, 0.1) is 0 Å². The molecule has 0 aliphatic heterocycles. The van der Waals surface area contributed by atoms with Crippen LogP contribution in [0.25, 0.3) is 55.3 Å². The van der Waals surface area contributed by atoms with Gasteiger partial charge in [-0.3, -0.25) is 0 Å². The molecule has 0 fully saturated rings. The number of fused-ring (bicyclic) bond motifs is 3. The predicted molar refractivity (Wildman–Crippen MR) is 138 cm³/mol. The molecule has 0 atom stereocenters. The molecule has 0 aliphatic carbocycles. The van der Waals surface area contributed by atoms with Crippen LogP contribution >= 0.6 is 0 Å². The fraction of sp³-hybridized carbons (Fsp3) is 0.0323. The van der Waals surface area contributed by atoms with Gasteiger partial charge in [-0.1, -0.05) is 78.9 Å². The Hall–Kier alpha value is -4.14. The molecule has 6 aromatic rings. The third-order valence-electron chi connectivity index (χ3n) is 6.28. The molecule has 0 spiro atoms. The maximum Gasteiger partial charge on any atom is 0.135 e. The van der Waals surface area contributed by atoms with E-state index in [1.54, 1.807) is 0 Å². The molecular formula is C31H23NO. The number of hydrogen-bond donors (Lipinski definition) is 1. The first-order valence-electron chi connectivity index (χ1n) is 11.2. The van der Waals surface area contributed by atoms with Crippen molar-refractivity contribution in [2.24, 2.45) is 5.73 Å². The van der Waals surface area contributed by atoms with Crippen molar-refractivity contribution >= 4 is 21.9 Å². The van der Waals surface area contributed by atoms with Crippen LogP contribution in [-0.2, 0) is 6.54 Å². The van der Waals surface area contributed by atoms with Crippen molar-refractivity contribution < 1.29 is 4.42 Å². The molecule has 0 saturated heterocycles. The first kappa shape index (κ1) is 19.5. The molecule has 1 heterocycles. The Kier molecular flexibility index (Phi) is 4.79. The van der Waals surface area contributed by atoms with Crippen LogP contribution in [0.4, 0.5) is 0 Å². The molecule has 5 aromatic carbocycles. The van der Waals surface area contributed by atoms with E-state index in [0.29, 0.717) is 6.54 Å². The van der Waals surface area contributed by atoms with Crippen LogP contribution in [0.1, 0.15) is 5.56 Å². The summed E-state index contributed by atoms with van der Waals surface area (Å²) >= 11 is 0. The van der Waals surface area contributed by atoms with Gasteiger partial charge in [-0.05, 0) is 75.3 Å². The molecule has 2 N–H and O–H groups in total. The summed E-state index contributed by atoms with van der Waals surface area (Å²) < 4.78 is 6.12.